The fourth-order valence-electron chi connectivity index (χ4n) is 3.17. The van der Waals surface area contributed by atoms with Gasteiger partial charge in [0.25, 0.3) is 0 Å². The van der Waals surface area contributed by atoms with Crippen molar-refractivity contribution in [1.82, 2.24) is 0 Å². The third-order valence-electron chi connectivity index (χ3n) is 4.36. The van der Waals surface area contributed by atoms with E-state index in [1.54, 1.807) is 7.11 Å². The summed E-state index contributed by atoms with van der Waals surface area (Å²) in [4.78, 5) is 0.330. The summed E-state index contributed by atoms with van der Waals surface area (Å²) in [5.41, 5.74) is 3.72. The van der Waals surface area contributed by atoms with Crippen LogP contribution in [0.3, 0.4) is 0 Å². The molecule has 1 saturated carbocycles. The third kappa shape index (κ3) is 3.83. The smallest absolute Gasteiger partial charge is 0.126 e. The Kier molecular flexibility index (Phi) is 6.15. The second-order valence-corrected chi connectivity index (χ2v) is 7.82. The molecule has 0 bridgehead atoms. The van der Waals surface area contributed by atoms with Gasteiger partial charge < -0.3 is 9.47 Å². The minimum atomic E-state index is 0.330. The van der Waals surface area contributed by atoms with Crippen molar-refractivity contribution in [3.05, 3.63) is 27.2 Å². The van der Waals surface area contributed by atoms with Gasteiger partial charge in [-0.3, -0.25) is 0 Å². The minimum absolute atomic E-state index is 0.330. The van der Waals surface area contributed by atoms with Crippen molar-refractivity contribution in [2.45, 2.75) is 51.0 Å². The van der Waals surface area contributed by atoms with E-state index in [1.807, 2.05) is 0 Å². The molecule has 118 valence electrons. The van der Waals surface area contributed by atoms with Crippen LogP contribution in [0.25, 0.3) is 0 Å². The standard InChI is InChI=1S/C17H24Br2O2/c1-5-21-13-7-12(8-13)9-15(19)16-11(3)14(18)6-10(2)17(16)20-4/h6,12-13,15H,5,7-9H2,1-4H3. The molecule has 1 aromatic carbocycles. The molecule has 2 rings (SSSR count). The van der Waals surface area contributed by atoms with Gasteiger partial charge in [-0.1, -0.05) is 31.9 Å². The van der Waals surface area contributed by atoms with Gasteiger partial charge in [0.1, 0.15) is 5.75 Å². The highest BCUT2D eigenvalue weighted by Gasteiger charge is 2.32. The topological polar surface area (TPSA) is 18.5 Å². The molecule has 0 amide bonds. The number of rotatable bonds is 6. The molecule has 0 heterocycles. The van der Waals surface area contributed by atoms with Gasteiger partial charge in [0, 0.05) is 21.5 Å². The van der Waals surface area contributed by atoms with Crippen molar-refractivity contribution in [1.29, 1.82) is 0 Å². The van der Waals surface area contributed by atoms with Crippen LogP contribution in [0.1, 0.15) is 47.7 Å². The van der Waals surface area contributed by atoms with Crippen LogP contribution in [0.2, 0.25) is 0 Å². The number of alkyl halides is 1. The van der Waals surface area contributed by atoms with Gasteiger partial charge in [0.05, 0.1) is 13.2 Å². The van der Waals surface area contributed by atoms with E-state index in [9.17, 15) is 0 Å². The summed E-state index contributed by atoms with van der Waals surface area (Å²) in [6.45, 7) is 7.14. The van der Waals surface area contributed by atoms with E-state index >= 15 is 0 Å². The van der Waals surface area contributed by atoms with Crippen LogP contribution in [0, 0.1) is 19.8 Å². The van der Waals surface area contributed by atoms with E-state index < -0.39 is 0 Å². The lowest BCUT2D eigenvalue weighted by Gasteiger charge is -2.36. The Morgan fingerprint density at radius 1 is 1.33 bits per heavy atom. The number of benzene rings is 1. The maximum Gasteiger partial charge on any atom is 0.126 e. The van der Waals surface area contributed by atoms with Crippen LogP contribution < -0.4 is 4.74 Å². The number of hydrogen-bond acceptors (Lipinski definition) is 2. The van der Waals surface area contributed by atoms with E-state index in [1.165, 1.54) is 29.5 Å². The predicted molar refractivity (Wildman–Crippen MR) is 94.6 cm³/mol. The number of ether oxygens (including phenoxy) is 2. The molecular weight excluding hydrogens is 396 g/mol. The fraction of sp³-hybridized carbons (Fsp3) is 0.647. The largest absolute Gasteiger partial charge is 0.496 e. The van der Waals surface area contributed by atoms with Crippen LogP contribution in [-0.4, -0.2) is 19.8 Å². The third-order valence-corrected chi connectivity index (χ3v) is 6.02. The van der Waals surface area contributed by atoms with Crippen molar-refractivity contribution < 1.29 is 9.47 Å². The summed E-state index contributed by atoms with van der Waals surface area (Å²) in [6, 6.07) is 2.13. The molecule has 0 radical (unpaired) electrons. The van der Waals surface area contributed by atoms with Gasteiger partial charge >= 0.3 is 0 Å². The average molecular weight is 420 g/mol. The van der Waals surface area contributed by atoms with Crippen LogP contribution >= 0.6 is 31.9 Å². The van der Waals surface area contributed by atoms with Crippen molar-refractivity contribution >= 4 is 31.9 Å². The van der Waals surface area contributed by atoms with Crippen molar-refractivity contribution in [2.75, 3.05) is 13.7 Å². The summed E-state index contributed by atoms with van der Waals surface area (Å²) < 4.78 is 12.5. The lowest BCUT2D eigenvalue weighted by atomic mass is 9.78. The highest BCUT2D eigenvalue weighted by Crippen LogP contribution is 2.46. The summed E-state index contributed by atoms with van der Waals surface area (Å²) in [6.07, 6.45) is 3.98. The second kappa shape index (κ2) is 7.47. The normalized spacial score (nSPS) is 22.8. The average Bonchev–Trinajstić information content (AvgIpc) is 2.39. The van der Waals surface area contributed by atoms with Crippen molar-refractivity contribution in [3.63, 3.8) is 0 Å². The molecule has 0 aromatic heterocycles. The Bertz CT molecular complexity index is 496. The molecule has 1 aliphatic carbocycles. The quantitative estimate of drug-likeness (QED) is 0.549. The molecule has 0 N–H and O–H groups in total. The predicted octanol–water partition coefficient (Wildman–Crippen LogP) is 5.72. The first-order valence-electron chi connectivity index (χ1n) is 7.57. The van der Waals surface area contributed by atoms with Gasteiger partial charge in [0.2, 0.25) is 0 Å². The SMILES string of the molecule is CCOC1CC(CC(Br)c2c(C)c(Br)cc(C)c2OC)C1. The number of halogens is 2. The second-order valence-electron chi connectivity index (χ2n) is 5.87. The van der Waals surface area contributed by atoms with Crippen LogP contribution in [-0.2, 0) is 4.74 Å². The molecule has 2 nitrogen and oxygen atoms in total. The summed E-state index contributed by atoms with van der Waals surface area (Å²) in [7, 11) is 1.76. The highest BCUT2D eigenvalue weighted by molar-refractivity contribution is 9.10. The number of hydrogen-bond donors (Lipinski definition) is 0. The minimum Gasteiger partial charge on any atom is -0.496 e. The van der Waals surface area contributed by atoms with E-state index in [0.717, 1.165) is 29.2 Å². The monoisotopic (exact) mass is 418 g/mol. The number of methoxy groups -OCH3 is 1. The Labute approximate surface area is 144 Å². The van der Waals surface area contributed by atoms with Gasteiger partial charge in [-0.2, -0.15) is 0 Å². The Morgan fingerprint density at radius 3 is 2.57 bits per heavy atom. The maximum atomic E-state index is 5.65. The molecule has 1 fully saturated rings. The first kappa shape index (κ1) is 17.3. The molecule has 1 unspecified atom stereocenters. The lowest BCUT2D eigenvalue weighted by Crippen LogP contribution is -2.32. The van der Waals surface area contributed by atoms with E-state index in [0.29, 0.717) is 10.9 Å². The molecule has 1 aromatic rings. The Balaban J connectivity index is 2.11. The zero-order chi connectivity index (χ0) is 15.6. The van der Waals surface area contributed by atoms with Gasteiger partial charge in [-0.25, -0.2) is 0 Å². The molecule has 0 saturated heterocycles. The lowest BCUT2D eigenvalue weighted by molar-refractivity contribution is -0.0264. The van der Waals surface area contributed by atoms with Crippen molar-refractivity contribution in [2.24, 2.45) is 5.92 Å². The summed E-state index contributed by atoms with van der Waals surface area (Å²) >= 11 is 7.55. The van der Waals surface area contributed by atoms with Crippen LogP contribution in [0.15, 0.2) is 10.5 Å². The fourth-order valence-corrected chi connectivity index (χ4v) is 4.81. The van der Waals surface area contributed by atoms with E-state index in [2.05, 4.69) is 58.7 Å². The molecular formula is C17H24Br2O2. The first-order valence-corrected chi connectivity index (χ1v) is 9.28. The van der Waals surface area contributed by atoms with Crippen molar-refractivity contribution in [3.8, 4) is 5.75 Å². The van der Waals surface area contributed by atoms with E-state index in [4.69, 9.17) is 9.47 Å². The van der Waals surface area contributed by atoms with Gasteiger partial charge in [-0.05, 0) is 63.1 Å². The van der Waals surface area contributed by atoms with Gasteiger partial charge in [0.15, 0.2) is 0 Å². The molecule has 1 atom stereocenters. The maximum absolute atomic E-state index is 5.65. The molecule has 0 spiro atoms. The zero-order valence-electron chi connectivity index (χ0n) is 13.2. The molecule has 21 heavy (non-hydrogen) atoms. The summed E-state index contributed by atoms with van der Waals surface area (Å²) in [5, 5.41) is 0. The van der Waals surface area contributed by atoms with Gasteiger partial charge in [-0.15, -0.1) is 0 Å². The molecule has 0 aliphatic heterocycles. The summed E-state index contributed by atoms with van der Waals surface area (Å²) in [5.74, 6) is 1.76. The highest BCUT2D eigenvalue weighted by atomic mass is 79.9. The van der Waals surface area contributed by atoms with E-state index in [-0.39, 0.29) is 0 Å². The zero-order valence-corrected chi connectivity index (χ0v) is 16.4. The Hall–Kier alpha value is -0.0600. The molecule has 1 aliphatic rings. The number of aryl methyl sites for hydroxylation is 1. The Morgan fingerprint density at radius 2 is 2.00 bits per heavy atom. The van der Waals surface area contributed by atoms with Crippen LogP contribution in [0.4, 0.5) is 0 Å². The van der Waals surface area contributed by atoms with Crippen LogP contribution in [0.5, 0.6) is 5.75 Å². The first-order chi connectivity index (χ1) is 9.97. The molecule has 4 heteroatoms.